The van der Waals surface area contributed by atoms with Crippen molar-refractivity contribution in [2.24, 2.45) is 0 Å². The van der Waals surface area contributed by atoms with Gasteiger partial charge in [0, 0.05) is 6.08 Å². The summed E-state index contributed by atoms with van der Waals surface area (Å²) in [4.78, 5) is 0. The lowest BCUT2D eigenvalue weighted by Crippen LogP contribution is -1.78. The standard InChI is InChI=1S/C11H12O2.2C4H10/c1-9(8-11(12)13)7-10-5-3-2-4-6-10;2*1-3-4-2/h2-8,12-13H,1H3;2*3-4H2,1-2H3/b9-7+;;. The summed E-state index contributed by atoms with van der Waals surface area (Å²) in [5, 5.41) is 17.2. The molecule has 0 spiro atoms. The predicted molar refractivity (Wildman–Crippen MR) is 94.6 cm³/mol. The topological polar surface area (TPSA) is 40.5 Å². The minimum absolute atomic E-state index is 0.662. The zero-order chi connectivity index (χ0) is 16.5. The van der Waals surface area contributed by atoms with Crippen LogP contribution in [0.4, 0.5) is 0 Å². The Kier molecular flexibility index (Phi) is 16.8. The molecule has 2 nitrogen and oxygen atoms in total. The minimum Gasteiger partial charge on any atom is -0.481 e. The molecule has 0 atom stereocenters. The fraction of sp³-hybridized carbons (Fsp3) is 0.474. The van der Waals surface area contributed by atoms with Gasteiger partial charge in [0.05, 0.1) is 0 Å². The molecule has 0 aliphatic heterocycles. The normalized spacial score (nSPS) is 9.67. The number of unbranched alkanes of at least 4 members (excludes halogenated alkanes) is 2. The maximum Gasteiger partial charge on any atom is 0.274 e. The number of benzene rings is 1. The molecule has 0 unspecified atom stereocenters. The zero-order valence-corrected chi connectivity index (χ0v) is 14.3. The molecular weight excluding hydrogens is 260 g/mol. The quantitative estimate of drug-likeness (QED) is 0.481. The smallest absolute Gasteiger partial charge is 0.274 e. The molecule has 2 N–H and O–H groups in total. The zero-order valence-electron chi connectivity index (χ0n) is 14.3. The van der Waals surface area contributed by atoms with Crippen molar-refractivity contribution in [1.82, 2.24) is 0 Å². The van der Waals surface area contributed by atoms with Gasteiger partial charge < -0.3 is 10.2 Å². The fourth-order valence-corrected chi connectivity index (χ4v) is 1.06. The Balaban J connectivity index is 0. The second-order valence-electron chi connectivity index (χ2n) is 4.80. The Labute approximate surface area is 130 Å². The number of aliphatic hydroxyl groups excluding tert-OH is 1. The maximum atomic E-state index is 8.58. The van der Waals surface area contributed by atoms with Crippen molar-refractivity contribution in [3.8, 4) is 0 Å². The van der Waals surface area contributed by atoms with E-state index in [1.807, 2.05) is 36.4 Å². The molecule has 0 saturated carbocycles. The average molecular weight is 292 g/mol. The van der Waals surface area contributed by atoms with Crippen LogP contribution in [0, 0.1) is 0 Å². The van der Waals surface area contributed by atoms with Gasteiger partial charge in [-0.25, -0.2) is 0 Å². The van der Waals surface area contributed by atoms with E-state index >= 15 is 0 Å². The third-order valence-electron chi connectivity index (χ3n) is 2.55. The molecule has 0 saturated heterocycles. The van der Waals surface area contributed by atoms with Crippen molar-refractivity contribution < 1.29 is 10.2 Å². The molecule has 21 heavy (non-hydrogen) atoms. The maximum absolute atomic E-state index is 8.58. The molecule has 0 aromatic heterocycles. The van der Waals surface area contributed by atoms with Gasteiger partial charge in [-0.15, -0.1) is 0 Å². The lowest BCUT2D eigenvalue weighted by molar-refractivity contribution is 0.191. The van der Waals surface area contributed by atoms with Crippen LogP contribution in [0.15, 0.2) is 47.9 Å². The van der Waals surface area contributed by atoms with Gasteiger partial charge in [-0.05, 0) is 18.1 Å². The molecule has 0 fully saturated rings. The summed E-state index contributed by atoms with van der Waals surface area (Å²) in [6.07, 6.45) is 8.44. The molecule has 0 aliphatic carbocycles. The average Bonchev–Trinajstić information content (AvgIpc) is 2.48. The van der Waals surface area contributed by atoms with Crippen LogP contribution in [0.1, 0.15) is 65.9 Å². The molecular formula is C19H32O2. The molecule has 1 aromatic rings. The first kappa shape index (κ1) is 21.6. The highest BCUT2D eigenvalue weighted by atomic mass is 16.5. The summed E-state index contributed by atoms with van der Waals surface area (Å²) in [6, 6.07) is 9.70. The van der Waals surface area contributed by atoms with Crippen molar-refractivity contribution >= 4 is 6.08 Å². The third kappa shape index (κ3) is 18.3. The van der Waals surface area contributed by atoms with Crippen LogP contribution in [0.3, 0.4) is 0 Å². The molecule has 1 rings (SSSR count). The Morgan fingerprint density at radius 1 is 0.857 bits per heavy atom. The summed E-state index contributed by atoms with van der Waals surface area (Å²) in [6.45, 7) is 10.5. The molecule has 1 aromatic carbocycles. The molecule has 0 aliphatic rings. The van der Waals surface area contributed by atoms with Crippen LogP contribution in [0.25, 0.3) is 6.08 Å². The van der Waals surface area contributed by atoms with Gasteiger partial charge in [0.2, 0.25) is 0 Å². The minimum atomic E-state index is -0.662. The van der Waals surface area contributed by atoms with Crippen LogP contribution in [0.2, 0.25) is 0 Å². The Bertz CT molecular complexity index is 366. The van der Waals surface area contributed by atoms with E-state index in [1.54, 1.807) is 6.92 Å². The van der Waals surface area contributed by atoms with Crippen molar-refractivity contribution in [2.45, 2.75) is 60.3 Å². The first-order valence-electron chi connectivity index (χ1n) is 7.84. The summed E-state index contributed by atoms with van der Waals surface area (Å²) in [7, 11) is 0. The largest absolute Gasteiger partial charge is 0.481 e. The Hall–Kier alpha value is -1.70. The molecule has 0 bridgehead atoms. The van der Waals surface area contributed by atoms with E-state index in [9.17, 15) is 0 Å². The van der Waals surface area contributed by atoms with E-state index in [4.69, 9.17) is 10.2 Å². The number of hydrogen-bond donors (Lipinski definition) is 2. The van der Waals surface area contributed by atoms with Crippen LogP contribution in [-0.4, -0.2) is 10.2 Å². The highest BCUT2D eigenvalue weighted by Gasteiger charge is 1.89. The lowest BCUT2D eigenvalue weighted by Gasteiger charge is -1.94. The first-order chi connectivity index (χ1) is 10.0. The predicted octanol–water partition coefficient (Wildman–Crippen LogP) is 6.66. The molecule has 0 amide bonds. The van der Waals surface area contributed by atoms with E-state index < -0.39 is 5.95 Å². The third-order valence-corrected chi connectivity index (χ3v) is 2.55. The second kappa shape index (κ2) is 16.4. The van der Waals surface area contributed by atoms with Crippen molar-refractivity contribution in [2.75, 3.05) is 0 Å². The van der Waals surface area contributed by atoms with Crippen LogP contribution < -0.4 is 0 Å². The highest BCUT2D eigenvalue weighted by Crippen LogP contribution is 2.07. The van der Waals surface area contributed by atoms with Gasteiger partial charge in [-0.1, -0.05) is 89.8 Å². The number of allylic oxidation sites excluding steroid dienone is 2. The fourth-order valence-electron chi connectivity index (χ4n) is 1.06. The lowest BCUT2D eigenvalue weighted by atomic mass is 10.1. The summed E-state index contributed by atoms with van der Waals surface area (Å²) in [5.41, 5.74) is 1.84. The van der Waals surface area contributed by atoms with Crippen molar-refractivity contribution in [3.63, 3.8) is 0 Å². The van der Waals surface area contributed by atoms with E-state index in [1.165, 1.54) is 31.8 Å². The van der Waals surface area contributed by atoms with E-state index in [0.29, 0.717) is 0 Å². The van der Waals surface area contributed by atoms with Gasteiger partial charge >= 0.3 is 0 Å². The van der Waals surface area contributed by atoms with Gasteiger partial charge in [0.1, 0.15) is 0 Å². The SMILES string of the molecule is C/C(C=C(O)O)=C\c1ccccc1.CCCC.CCCC. The van der Waals surface area contributed by atoms with Gasteiger partial charge in [0.25, 0.3) is 5.95 Å². The van der Waals surface area contributed by atoms with E-state index in [-0.39, 0.29) is 0 Å². The Morgan fingerprint density at radius 2 is 1.29 bits per heavy atom. The molecule has 120 valence electrons. The van der Waals surface area contributed by atoms with Crippen LogP contribution >= 0.6 is 0 Å². The van der Waals surface area contributed by atoms with Crippen molar-refractivity contribution in [3.05, 3.63) is 53.5 Å². The first-order valence-corrected chi connectivity index (χ1v) is 7.84. The van der Waals surface area contributed by atoms with E-state index in [2.05, 4.69) is 27.7 Å². The molecule has 2 heteroatoms. The molecule has 0 radical (unpaired) electrons. The summed E-state index contributed by atoms with van der Waals surface area (Å²) in [5.74, 6) is -0.662. The highest BCUT2D eigenvalue weighted by molar-refractivity contribution is 5.54. The summed E-state index contributed by atoms with van der Waals surface area (Å²) >= 11 is 0. The van der Waals surface area contributed by atoms with Gasteiger partial charge in [-0.3, -0.25) is 0 Å². The summed E-state index contributed by atoms with van der Waals surface area (Å²) < 4.78 is 0. The number of rotatable bonds is 4. The number of aliphatic hydroxyl groups is 2. The Morgan fingerprint density at radius 3 is 1.62 bits per heavy atom. The van der Waals surface area contributed by atoms with E-state index in [0.717, 1.165) is 11.1 Å². The second-order valence-corrected chi connectivity index (χ2v) is 4.80. The molecule has 0 heterocycles. The van der Waals surface area contributed by atoms with Crippen molar-refractivity contribution in [1.29, 1.82) is 0 Å². The van der Waals surface area contributed by atoms with Crippen LogP contribution in [-0.2, 0) is 0 Å². The monoisotopic (exact) mass is 292 g/mol. The van der Waals surface area contributed by atoms with Gasteiger partial charge in [-0.2, -0.15) is 0 Å². The number of hydrogen-bond acceptors (Lipinski definition) is 2. The van der Waals surface area contributed by atoms with Crippen LogP contribution in [0.5, 0.6) is 0 Å². The van der Waals surface area contributed by atoms with Gasteiger partial charge in [0.15, 0.2) is 0 Å².